The van der Waals surface area contributed by atoms with Crippen LogP contribution >= 0.6 is 0 Å². The predicted molar refractivity (Wildman–Crippen MR) is 67.1 cm³/mol. The fourth-order valence-corrected chi connectivity index (χ4v) is 1.93. The summed E-state index contributed by atoms with van der Waals surface area (Å²) in [6.07, 6.45) is -0.163. The molecule has 0 N–H and O–H groups in total. The number of benzene rings is 1. The first-order valence-electron chi connectivity index (χ1n) is 6.28. The smallest absolute Gasteiger partial charge is 0.169 e. The lowest BCUT2D eigenvalue weighted by molar-refractivity contribution is -0.154. The highest BCUT2D eigenvalue weighted by molar-refractivity contribution is 5.90. The largest absolute Gasteiger partial charge is 0.494 e. The van der Waals surface area contributed by atoms with Crippen molar-refractivity contribution < 1.29 is 19.0 Å². The van der Waals surface area contributed by atoms with Gasteiger partial charge in [0.15, 0.2) is 11.9 Å². The van der Waals surface area contributed by atoms with Crippen LogP contribution in [0.1, 0.15) is 20.3 Å². The minimum absolute atomic E-state index is 0.114. The third-order valence-electron chi connectivity index (χ3n) is 2.81. The number of hydrogen-bond donors (Lipinski definition) is 0. The first kappa shape index (κ1) is 12.9. The van der Waals surface area contributed by atoms with Crippen molar-refractivity contribution in [1.29, 1.82) is 0 Å². The van der Waals surface area contributed by atoms with Crippen LogP contribution in [-0.2, 0) is 9.53 Å². The van der Waals surface area contributed by atoms with Crippen molar-refractivity contribution in [2.45, 2.75) is 32.5 Å². The molecule has 0 heterocycles. The van der Waals surface area contributed by atoms with Gasteiger partial charge in [0.2, 0.25) is 0 Å². The van der Waals surface area contributed by atoms with Gasteiger partial charge in [0.05, 0.1) is 6.61 Å². The van der Waals surface area contributed by atoms with Gasteiger partial charge in [0.1, 0.15) is 17.6 Å². The summed E-state index contributed by atoms with van der Waals surface area (Å²) in [5.74, 6) is 1.60. The number of carbonyl (C=O) groups excluding carboxylic acids is 1. The van der Waals surface area contributed by atoms with Crippen molar-refractivity contribution in [3.05, 3.63) is 24.3 Å². The molecule has 4 nitrogen and oxygen atoms in total. The molecule has 0 amide bonds. The Hall–Kier alpha value is -1.55. The van der Waals surface area contributed by atoms with E-state index in [-0.39, 0.29) is 11.9 Å². The summed E-state index contributed by atoms with van der Waals surface area (Å²) >= 11 is 0. The molecule has 1 aliphatic rings. The fourth-order valence-electron chi connectivity index (χ4n) is 1.93. The minimum Gasteiger partial charge on any atom is -0.494 e. The van der Waals surface area contributed by atoms with Crippen molar-refractivity contribution in [2.75, 3.05) is 13.2 Å². The Balaban J connectivity index is 1.97. The quantitative estimate of drug-likeness (QED) is 0.776. The molecular weight excluding hydrogens is 232 g/mol. The molecule has 0 spiro atoms. The topological polar surface area (TPSA) is 44.8 Å². The number of carbonyl (C=O) groups is 1. The Morgan fingerprint density at radius 3 is 2.67 bits per heavy atom. The SMILES string of the molecule is CCOc1cccc(OC2CC(=O)C2OCC)c1. The molecule has 0 aromatic heterocycles. The van der Waals surface area contributed by atoms with Crippen LogP contribution in [0.15, 0.2) is 24.3 Å². The van der Waals surface area contributed by atoms with Crippen molar-refractivity contribution in [3.63, 3.8) is 0 Å². The summed E-state index contributed by atoms with van der Waals surface area (Å²) in [7, 11) is 0. The minimum atomic E-state index is -0.411. The lowest BCUT2D eigenvalue weighted by Gasteiger charge is -2.34. The Morgan fingerprint density at radius 2 is 2.00 bits per heavy atom. The van der Waals surface area contributed by atoms with Gasteiger partial charge in [-0.2, -0.15) is 0 Å². The number of rotatable bonds is 6. The molecule has 4 heteroatoms. The van der Waals surface area contributed by atoms with Crippen LogP contribution in [0.25, 0.3) is 0 Å². The van der Waals surface area contributed by atoms with Crippen LogP contribution in [-0.4, -0.2) is 31.2 Å². The average molecular weight is 250 g/mol. The highest BCUT2D eigenvalue weighted by Gasteiger charge is 2.42. The first-order chi connectivity index (χ1) is 8.74. The zero-order valence-electron chi connectivity index (χ0n) is 10.7. The van der Waals surface area contributed by atoms with Crippen LogP contribution in [0.2, 0.25) is 0 Å². The van der Waals surface area contributed by atoms with E-state index in [1.165, 1.54) is 0 Å². The zero-order valence-corrected chi connectivity index (χ0v) is 10.7. The van der Waals surface area contributed by atoms with E-state index >= 15 is 0 Å². The van der Waals surface area contributed by atoms with E-state index in [2.05, 4.69) is 0 Å². The van der Waals surface area contributed by atoms with Gasteiger partial charge >= 0.3 is 0 Å². The standard InChI is InChI=1S/C14H18O4/c1-3-16-10-6-5-7-11(8-10)18-13-9-12(15)14(13)17-4-2/h5-8,13-14H,3-4,9H2,1-2H3. The molecule has 1 fully saturated rings. The number of ether oxygens (including phenoxy) is 3. The van der Waals surface area contributed by atoms with E-state index in [1.54, 1.807) is 0 Å². The molecule has 98 valence electrons. The maximum atomic E-state index is 11.4. The van der Waals surface area contributed by atoms with Crippen LogP contribution in [0, 0.1) is 0 Å². The summed E-state index contributed by atoms with van der Waals surface area (Å²) in [4.78, 5) is 11.4. The Bertz CT molecular complexity index is 416. The molecule has 0 bridgehead atoms. The van der Waals surface area contributed by atoms with Crippen LogP contribution in [0.3, 0.4) is 0 Å². The van der Waals surface area contributed by atoms with E-state index < -0.39 is 6.10 Å². The monoisotopic (exact) mass is 250 g/mol. The highest BCUT2D eigenvalue weighted by Crippen LogP contribution is 2.27. The molecule has 2 atom stereocenters. The zero-order chi connectivity index (χ0) is 13.0. The summed E-state index contributed by atoms with van der Waals surface area (Å²) in [5.41, 5.74) is 0. The Labute approximate surface area is 107 Å². The number of Topliss-reactive ketones (excluding diaryl/α,β-unsaturated/α-hetero) is 1. The normalized spacial score (nSPS) is 22.4. The third-order valence-corrected chi connectivity index (χ3v) is 2.81. The van der Waals surface area contributed by atoms with Gasteiger partial charge in [-0.15, -0.1) is 0 Å². The van der Waals surface area contributed by atoms with Gasteiger partial charge in [0, 0.05) is 19.1 Å². The predicted octanol–water partition coefficient (Wildman–Crippen LogP) is 2.21. The second-order valence-corrected chi connectivity index (χ2v) is 4.11. The van der Waals surface area contributed by atoms with E-state index in [0.29, 0.717) is 25.4 Å². The van der Waals surface area contributed by atoms with Crippen molar-refractivity contribution >= 4 is 5.78 Å². The van der Waals surface area contributed by atoms with Crippen molar-refractivity contribution in [2.24, 2.45) is 0 Å². The fraction of sp³-hybridized carbons (Fsp3) is 0.500. The third kappa shape index (κ3) is 2.82. The molecule has 0 radical (unpaired) electrons. The van der Waals surface area contributed by atoms with E-state index in [1.807, 2.05) is 38.1 Å². The van der Waals surface area contributed by atoms with Crippen LogP contribution < -0.4 is 9.47 Å². The summed E-state index contributed by atoms with van der Waals surface area (Å²) in [6, 6.07) is 7.43. The van der Waals surface area contributed by atoms with Gasteiger partial charge in [-0.05, 0) is 26.0 Å². The second-order valence-electron chi connectivity index (χ2n) is 4.11. The molecule has 1 aliphatic carbocycles. The highest BCUT2D eigenvalue weighted by atomic mass is 16.5. The second kappa shape index (κ2) is 5.87. The molecule has 1 aromatic rings. The van der Waals surface area contributed by atoms with Gasteiger partial charge in [-0.3, -0.25) is 4.79 Å². The molecule has 0 aliphatic heterocycles. The van der Waals surface area contributed by atoms with Gasteiger partial charge in [-0.1, -0.05) is 6.07 Å². The summed E-state index contributed by atoms with van der Waals surface area (Å²) < 4.78 is 16.5. The van der Waals surface area contributed by atoms with Gasteiger partial charge in [0.25, 0.3) is 0 Å². The molecule has 1 aromatic carbocycles. The molecule has 2 rings (SSSR count). The lowest BCUT2D eigenvalue weighted by Crippen LogP contribution is -2.52. The van der Waals surface area contributed by atoms with E-state index in [0.717, 1.165) is 5.75 Å². The van der Waals surface area contributed by atoms with E-state index in [4.69, 9.17) is 14.2 Å². The number of ketones is 1. The Kier molecular flexibility index (Phi) is 4.20. The van der Waals surface area contributed by atoms with Crippen molar-refractivity contribution in [3.8, 4) is 11.5 Å². The van der Waals surface area contributed by atoms with Crippen LogP contribution in [0.4, 0.5) is 0 Å². The van der Waals surface area contributed by atoms with E-state index in [9.17, 15) is 4.79 Å². The molecule has 18 heavy (non-hydrogen) atoms. The van der Waals surface area contributed by atoms with Gasteiger partial charge in [-0.25, -0.2) is 0 Å². The summed E-state index contributed by atoms with van der Waals surface area (Å²) in [6.45, 7) is 4.95. The average Bonchev–Trinajstić information content (AvgIpc) is 2.36. The van der Waals surface area contributed by atoms with Gasteiger partial charge < -0.3 is 14.2 Å². The molecule has 0 saturated heterocycles. The number of hydrogen-bond acceptors (Lipinski definition) is 4. The van der Waals surface area contributed by atoms with Crippen molar-refractivity contribution in [1.82, 2.24) is 0 Å². The maximum absolute atomic E-state index is 11.4. The summed E-state index contributed by atoms with van der Waals surface area (Å²) in [5, 5.41) is 0. The molecular formula is C14H18O4. The lowest BCUT2D eigenvalue weighted by atomic mass is 9.90. The maximum Gasteiger partial charge on any atom is 0.169 e. The van der Waals surface area contributed by atoms with Crippen LogP contribution in [0.5, 0.6) is 11.5 Å². The Morgan fingerprint density at radius 1 is 1.22 bits per heavy atom. The first-order valence-corrected chi connectivity index (χ1v) is 6.28. The molecule has 1 saturated carbocycles. The molecule has 2 unspecified atom stereocenters.